The lowest BCUT2D eigenvalue weighted by Crippen LogP contribution is -2.59. The van der Waals surface area contributed by atoms with Gasteiger partial charge in [0, 0.05) is 13.2 Å². The zero-order valence-corrected chi connectivity index (χ0v) is 23.9. The minimum absolute atomic E-state index is 0.0497. The van der Waals surface area contributed by atoms with Crippen LogP contribution in [0.5, 0.6) is 0 Å². The highest BCUT2D eigenvalue weighted by Gasteiger charge is 2.44. The van der Waals surface area contributed by atoms with Crippen LogP contribution in [0.4, 0.5) is 0 Å². The molecule has 41 heavy (non-hydrogen) atoms. The van der Waals surface area contributed by atoms with Crippen LogP contribution in [0, 0.1) is 0 Å². The van der Waals surface area contributed by atoms with Crippen LogP contribution in [0.1, 0.15) is 45.4 Å². The van der Waals surface area contributed by atoms with Gasteiger partial charge in [-0.3, -0.25) is 0 Å². The molecule has 0 saturated carbocycles. The molecule has 0 aliphatic carbocycles. The van der Waals surface area contributed by atoms with Gasteiger partial charge >= 0.3 is 5.97 Å². The van der Waals surface area contributed by atoms with Crippen LogP contribution in [0.3, 0.4) is 0 Å². The zero-order chi connectivity index (χ0) is 30.0. The Balaban J connectivity index is 2.12. The fraction of sp³-hybridized carbons (Fsp3) is 0.581. The first-order valence-electron chi connectivity index (χ1n) is 14.1. The SMILES string of the molecule is COC1/C=C\C=C\C[C@@H](O)C/C=C\C=C\[C@@H](O[C@H]2O[C@H](CO)[C@@H](O)[C@H](O)[C@H]2O)C/C=C/C=C\C(=O)O[C@H](C)CCC1. The first-order valence-corrected chi connectivity index (χ1v) is 14.1. The van der Waals surface area contributed by atoms with Crippen LogP contribution >= 0.6 is 0 Å². The molecule has 1 saturated heterocycles. The van der Waals surface area contributed by atoms with Crippen molar-refractivity contribution in [2.24, 2.45) is 0 Å². The Labute approximate surface area is 242 Å². The summed E-state index contributed by atoms with van der Waals surface area (Å²) in [6, 6.07) is 0. The second-order valence-corrected chi connectivity index (χ2v) is 10.1. The van der Waals surface area contributed by atoms with E-state index in [0.29, 0.717) is 25.7 Å². The summed E-state index contributed by atoms with van der Waals surface area (Å²) in [4.78, 5) is 12.2. The van der Waals surface area contributed by atoms with Crippen LogP contribution in [0.2, 0.25) is 0 Å². The smallest absolute Gasteiger partial charge is 0.331 e. The van der Waals surface area contributed by atoms with Gasteiger partial charge in [-0.05, 0) is 45.4 Å². The highest BCUT2D eigenvalue weighted by atomic mass is 16.7. The van der Waals surface area contributed by atoms with E-state index in [4.69, 9.17) is 18.9 Å². The summed E-state index contributed by atoms with van der Waals surface area (Å²) in [5, 5.41) is 50.2. The molecule has 2 aliphatic heterocycles. The number of carbonyl (C=O) groups excluding carboxylic acids is 1. The third-order valence-corrected chi connectivity index (χ3v) is 6.69. The number of ether oxygens (including phenoxy) is 4. The van der Waals surface area contributed by atoms with Crippen LogP contribution in [0.25, 0.3) is 0 Å². The van der Waals surface area contributed by atoms with E-state index in [1.165, 1.54) is 6.08 Å². The molecule has 9 atom stereocenters. The molecule has 2 heterocycles. The summed E-state index contributed by atoms with van der Waals surface area (Å²) in [5.74, 6) is -0.453. The van der Waals surface area contributed by atoms with Gasteiger partial charge in [0.15, 0.2) is 6.29 Å². The van der Waals surface area contributed by atoms with Crippen molar-refractivity contribution < 1.29 is 49.3 Å². The summed E-state index contributed by atoms with van der Waals surface area (Å²) in [6.45, 7) is 1.29. The molecule has 10 nitrogen and oxygen atoms in total. The Hall–Kier alpha value is -2.41. The van der Waals surface area contributed by atoms with E-state index in [0.717, 1.165) is 12.8 Å². The van der Waals surface area contributed by atoms with Gasteiger partial charge in [0.2, 0.25) is 0 Å². The Morgan fingerprint density at radius 3 is 2.12 bits per heavy atom. The first-order chi connectivity index (χ1) is 19.7. The van der Waals surface area contributed by atoms with Crippen LogP contribution in [-0.4, -0.2) is 100 Å². The second-order valence-electron chi connectivity index (χ2n) is 10.1. The molecule has 10 heteroatoms. The Morgan fingerprint density at radius 1 is 0.829 bits per heavy atom. The number of allylic oxidation sites excluding steroid dienone is 6. The molecule has 0 radical (unpaired) electrons. The van der Waals surface area contributed by atoms with Gasteiger partial charge in [0.25, 0.3) is 0 Å². The molecule has 0 aromatic rings. The highest BCUT2D eigenvalue weighted by molar-refractivity contribution is 5.82. The van der Waals surface area contributed by atoms with Crippen molar-refractivity contribution in [2.75, 3.05) is 13.7 Å². The maximum Gasteiger partial charge on any atom is 0.331 e. The maximum absolute atomic E-state index is 12.2. The molecule has 5 N–H and O–H groups in total. The predicted molar refractivity (Wildman–Crippen MR) is 154 cm³/mol. The number of carbonyl (C=O) groups is 1. The first kappa shape index (κ1) is 34.8. The van der Waals surface area contributed by atoms with Crippen LogP contribution in [-0.2, 0) is 23.7 Å². The fourth-order valence-corrected chi connectivity index (χ4v) is 4.25. The van der Waals surface area contributed by atoms with Gasteiger partial charge < -0.3 is 44.5 Å². The molecular formula is C31H46O10. The topological polar surface area (TPSA) is 155 Å². The zero-order valence-electron chi connectivity index (χ0n) is 23.9. The number of aliphatic hydroxyl groups excluding tert-OH is 5. The van der Waals surface area contributed by atoms with E-state index >= 15 is 0 Å². The average molecular weight is 579 g/mol. The quantitative estimate of drug-likeness (QED) is 0.314. The van der Waals surface area contributed by atoms with E-state index in [1.807, 2.05) is 37.3 Å². The number of methoxy groups -OCH3 is 1. The lowest BCUT2D eigenvalue weighted by atomic mass is 9.99. The molecule has 1 unspecified atom stereocenters. The van der Waals surface area contributed by atoms with Crippen molar-refractivity contribution in [3.63, 3.8) is 0 Å². The van der Waals surface area contributed by atoms with Gasteiger partial charge in [-0.1, -0.05) is 66.8 Å². The van der Waals surface area contributed by atoms with Gasteiger partial charge in [-0.15, -0.1) is 0 Å². The van der Waals surface area contributed by atoms with Crippen LogP contribution in [0.15, 0.2) is 72.9 Å². The predicted octanol–water partition coefficient (Wildman–Crippen LogP) is 2.17. The van der Waals surface area contributed by atoms with Crippen molar-refractivity contribution >= 4 is 5.97 Å². The van der Waals surface area contributed by atoms with Crippen molar-refractivity contribution in [1.82, 2.24) is 0 Å². The third-order valence-electron chi connectivity index (χ3n) is 6.69. The largest absolute Gasteiger partial charge is 0.460 e. The number of hydrogen-bond donors (Lipinski definition) is 5. The lowest BCUT2D eigenvalue weighted by Gasteiger charge is -2.40. The Bertz CT molecular complexity index is 922. The molecule has 0 aromatic heterocycles. The van der Waals surface area contributed by atoms with Crippen molar-refractivity contribution in [1.29, 1.82) is 0 Å². The summed E-state index contributed by atoms with van der Waals surface area (Å²) in [6.07, 6.45) is 16.1. The van der Waals surface area contributed by atoms with Gasteiger partial charge in [-0.2, -0.15) is 0 Å². The van der Waals surface area contributed by atoms with E-state index in [9.17, 15) is 30.3 Å². The van der Waals surface area contributed by atoms with Gasteiger partial charge in [0.05, 0.1) is 31.0 Å². The summed E-state index contributed by atoms with van der Waals surface area (Å²) < 4.78 is 22.3. The third kappa shape index (κ3) is 13.4. The highest BCUT2D eigenvalue weighted by Crippen LogP contribution is 2.24. The normalized spacial score (nSPS) is 39.9. The van der Waals surface area contributed by atoms with E-state index in [1.54, 1.807) is 43.6 Å². The molecule has 230 valence electrons. The van der Waals surface area contributed by atoms with Crippen molar-refractivity contribution in [3.05, 3.63) is 72.9 Å². The van der Waals surface area contributed by atoms with Crippen molar-refractivity contribution in [3.8, 4) is 0 Å². The fourth-order valence-electron chi connectivity index (χ4n) is 4.25. The minimum atomic E-state index is -1.55. The standard InChI is InChI=1S/C31H46O10/c1-22-13-12-19-24(38-2)16-8-3-6-14-23(33)15-7-4-9-17-25(18-10-5-11-20-27(34)39-22)40-31-30(37)29(36)28(35)26(21-32)41-31/h3-11,16-17,20,22-26,28-33,35-37H,12-15,18-19,21H2,1-2H3/b6-3+,7-4-,10-5+,16-8-,17-9+,20-11-/t22-,23-,24?,25-,26-,28-,29+,30-,31+/m1/s1. The van der Waals surface area contributed by atoms with E-state index in [2.05, 4.69) is 0 Å². The number of aliphatic hydroxyl groups is 5. The maximum atomic E-state index is 12.2. The van der Waals surface area contributed by atoms with E-state index in [-0.39, 0.29) is 12.2 Å². The van der Waals surface area contributed by atoms with Crippen molar-refractivity contribution in [2.45, 2.75) is 101 Å². The van der Waals surface area contributed by atoms with Crippen LogP contribution < -0.4 is 0 Å². The minimum Gasteiger partial charge on any atom is -0.460 e. The van der Waals surface area contributed by atoms with E-state index < -0.39 is 55.5 Å². The molecule has 0 bridgehead atoms. The second kappa shape index (κ2) is 19.7. The summed E-state index contributed by atoms with van der Waals surface area (Å²) in [7, 11) is 1.66. The molecule has 0 spiro atoms. The monoisotopic (exact) mass is 578 g/mol. The molecule has 2 aliphatic rings. The molecule has 0 amide bonds. The number of hydrogen-bond acceptors (Lipinski definition) is 10. The molecule has 2 rings (SSSR count). The molecule has 1 fully saturated rings. The van der Waals surface area contributed by atoms with Gasteiger partial charge in [0.1, 0.15) is 24.4 Å². The lowest BCUT2D eigenvalue weighted by molar-refractivity contribution is -0.307. The van der Waals surface area contributed by atoms with Gasteiger partial charge in [-0.25, -0.2) is 4.79 Å². The average Bonchev–Trinajstić information content (AvgIpc) is 2.95. The number of cyclic esters (lactones) is 1. The summed E-state index contributed by atoms with van der Waals surface area (Å²) >= 11 is 0. The Morgan fingerprint density at radius 2 is 1.46 bits per heavy atom. The summed E-state index contributed by atoms with van der Waals surface area (Å²) in [5.41, 5.74) is 0. The molecular weight excluding hydrogens is 532 g/mol. The number of esters is 1. The molecule has 0 aromatic carbocycles. The number of rotatable bonds is 4. The Kier molecular flexibility index (Phi) is 16.7.